The van der Waals surface area contributed by atoms with Gasteiger partial charge in [-0.3, -0.25) is 4.79 Å². The smallest absolute Gasteiger partial charge is 0.325 e. The Labute approximate surface area is 170 Å². The Morgan fingerprint density at radius 3 is 2.53 bits per heavy atom. The van der Waals surface area contributed by atoms with Gasteiger partial charge in [-0.1, -0.05) is 42.5 Å². The van der Waals surface area contributed by atoms with Crippen LogP contribution in [0.5, 0.6) is 0 Å². The van der Waals surface area contributed by atoms with Crippen molar-refractivity contribution in [1.82, 2.24) is 33.7 Å². The van der Waals surface area contributed by atoms with Crippen molar-refractivity contribution in [3.63, 3.8) is 0 Å². The molecule has 30 heavy (non-hydrogen) atoms. The predicted octanol–water partition coefficient (Wildman–Crippen LogP) is 2.01. The van der Waals surface area contributed by atoms with Gasteiger partial charge in [0.1, 0.15) is 12.2 Å². The van der Waals surface area contributed by atoms with Crippen LogP contribution in [0.3, 0.4) is 0 Å². The average Bonchev–Trinajstić information content (AvgIpc) is 3.37. The molecule has 0 saturated carbocycles. The molecule has 5 aromatic rings. The van der Waals surface area contributed by atoms with Crippen LogP contribution < -0.4 is 11.2 Å². The van der Waals surface area contributed by atoms with Crippen LogP contribution in [0, 0.1) is 0 Å². The molecule has 0 saturated heterocycles. The van der Waals surface area contributed by atoms with Crippen LogP contribution >= 0.6 is 0 Å². The summed E-state index contributed by atoms with van der Waals surface area (Å²) < 4.78 is 6.01. The summed E-state index contributed by atoms with van der Waals surface area (Å²) in [5.41, 5.74) is 1.97. The highest BCUT2D eigenvalue weighted by Crippen LogP contribution is 2.14. The highest BCUT2D eigenvalue weighted by Gasteiger charge is 2.20. The summed E-state index contributed by atoms with van der Waals surface area (Å²) in [6.45, 7) is 2.61. The molecule has 0 unspecified atom stereocenters. The van der Waals surface area contributed by atoms with E-state index in [-0.39, 0.29) is 6.67 Å². The number of fused-ring (bicyclic) bond motifs is 2. The lowest BCUT2D eigenvalue weighted by Gasteiger charge is -2.12. The van der Waals surface area contributed by atoms with Crippen molar-refractivity contribution < 1.29 is 0 Å². The molecular formula is C21H19N7O2. The van der Waals surface area contributed by atoms with Gasteiger partial charge in [-0.2, -0.15) is 0 Å². The monoisotopic (exact) mass is 401 g/mol. The van der Waals surface area contributed by atoms with E-state index in [4.69, 9.17) is 0 Å². The molecule has 0 amide bonds. The summed E-state index contributed by atoms with van der Waals surface area (Å²) in [5.74, 6) is 0. The minimum Gasteiger partial charge on any atom is -0.325 e. The second-order valence-electron chi connectivity index (χ2n) is 7.02. The molecule has 0 fully saturated rings. The molecule has 0 bridgehead atoms. The summed E-state index contributed by atoms with van der Waals surface area (Å²) in [4.78, 5) is 31.2. The Bertz CT molecular complexity index is 1470. The molecule has 0 aliphatic heterocycles. The molecule has 0 atom stereocenters. The lowest BCUT2D eigenvalue weighted by molar-refractivity contribution is 0.507. The van der Waals surface area contributed by atoms with Crippen LogP contribution in [0.1, 0.15) is 13.3 Å². The average molecular weight is 401 g/mol. The number of imidazole rings is 1. The summed E-state index contributed by atoms with van der Waals surface area (Å²) in [7, 11) is 0. The van der Waals surface area contributed by atoms with Gasteiger partial charge in [-0.15, -0.1) is 5.10 Å². The lowest BCUT2D eigenvalue weighted by atomic mass is 10.3. The third-order valence-electron chi connectivity index (χ3n) is 5.07. The number of aromatic nitrogens is 7. The zero-order valence-electron chi connectivity index (χ0n) is 16.3. The minimum absolute atomic E-state index is 0.0434. The van der Waals surface area contributed by atoms with Crippen molar-refractivity contribution in [2.75, 3.05) is 0 Å². The number of rotatable bonds is 5. The maximum absolute atomic E-state index is 13.4. The Balaban J connectivity index is 1.80. The zero-order valence-corrected chi connectivity index (χ0v) is 16.3. The molecule has 5 rings (SSSR count). The fourth-order valence-corrected chi connectivity index (χ4v) is 3.68. The topological polar surface area (TPSA) is 92.5 Å². The van der Waals surface area contributed by atoms with Gasteiger partial charge in [-0.25, -0.2) is 23.6 Å². The van der Waals surface area contributed by atoms with E-state index in [9.17, 15) is 9.59 Å². The summed E-state index contributed by atoms with van der Waals surface area (Å²) in [6, 6.07) is 16.6. The summed E-state index contributed by atoms with van der Waals surface area (Å²) in [5, 5.41) is 8.26. The maximum atomic E-state index is 13.4. The molecule has 0 spiro atoms. The van der Waals surface area contributed by atoms with Gasteiger partial charge >= 0.3 is 5.69 Å². The summed E-state index contributed by atoms with van der Waals surface area (Å²) in [6.07, 6.45) is 2.45. The summed E-state index contributed by atoms with van der Waals surface area (Å²) >= 11 is 0. The molecule has 9 nitrogen and oxygen atoms in total. The molecule has 0 N–H and O–H groups in total. The molecule has 9 heteroatoms. The Morgan fingerprint density at radius 2 is 1.73 bits per heavy atom. The van der Waals surface area contributed by atoms with E-state index in [1.807, 2.05) is 61.5 Å². The van der Waals surface area contributed by atoms with Crippen molar-refractivity contribution in [3.8, 4) is 5.69 Å². The Kier molecular flexibility index (Phi) is 4.27. The van der Waals surface area contributed by atoms with Gasteiger partial charge in [0, 0.05) is 6.54 Å². The SMILES string of the molecule is CCCn1cnc2c1c(=O)n(Cn1nnc3ccccc31)c(=O)n2-c1ccccc1. The van der Waals surface area contributed by atoms with E-state index in [0.29, 0.717) is 28.9 Å². The highest BCUT2D eigenvalue weighted by molar-refractivity contribution is 5.74. The third kappa shape index (κ3) is 2.74. The van der Waals surface area contributed by atoms with Crippen LogP contribution in [0.25, 0.3) is 27.9 Å². The normalized spacial score (nSPS) is 11.5. The first-order valence-corrected chi connectivity index (χ1v) is 9.73. The largest absolute Gasteiger partial charge is 0.338 e. The Hall–Kier alpha value is -4.01. The van der Waals surface area contributed by atoms with Gasteiger partial charge in [-0.05, 0) is 30.7 Å². The number of para-hydroxylation sites is 2. The van der Waals surface area contributed by atoms with Crippen molar-refractivity contribution in [3.05, 3.63) is 81.8 Å². The van der Waals surface area contributed by atoms with E-state index >= 15 is 0 Å². The number of aryl methyl sites for hydroxylation is 1. The van der Waals surface area contributed by atoms with Gasteiger partial charge in [0.15, 0.2) is 11.2 Å². The van der Waals surface area contributed by atoms with Crippen LogP contribution in [0.4, 0.5) is 0 Å². The molecule has 3 heterocycles. The van der Waals surface area contributed by atoms with Crippen molar-refractivity contribution in [1.29, 1.82) is 0 Å². The van der Waals surface area contributed by atoms with E-state index in [1.54, 1.807) is 15.6 Å². The molecule has 2 aromatic carbocycles. The van der Waals surface area contributed by atoms with Crippen molar-refractivity contribution in [2.45, 2.75) is 26.6 Å². The van der Waals surface area contributed by atoms with Gasteiger partial charge in [0.05, 0.1) is 17.5 Å². The molecule has 150 valence electrons. The molecule has 0 radical (unpaired) electrons. The fraction of sp³-hybridized carbons (Fsp3) is 0.190. The van der Waals surface area contributed by atoms with E-state index in [2.05, 4.69) is 15.3 Å². The van der Waals surface area contributed by atoms with E-state index in [0.717, 1.165) is 11.9 Å². The first-order chi connectivity index (χ1) is 14.7. The van der Waals surface area contributed by atoms with Crippen molar-refractivity contribution >= 4 is 22.2 Å². The first-order valence-electron chi connectivity index (χ1n) is 9.73. The lowest BCUT2D eigenvalue weighted by Crippen LogP contribution is -2.41. The second kappa shape index (κ2) is 7.11. The fourth-order valence-electron chi connectivity index (χ4n) is 3.68. The van der Waals surface area contributed by atoms with Gasteiger partial charge in [0.25, 0.3) is 5.56 Å². The maximum Gasteiger partial charge on any atom is 0.338 e. The number of hydrogen-bond donors (Lipinski definition) is 0. The Morgan fingerprint density at radius 1 is 0.967 bits per heavy atom. The minimum atomic E-state index is -0.472. The standard InChI is InChI=1S/C21H19N7O2/c1-2-12-25-13-22-19-18(25)20(29)26(21(30)28(19)15-8-4-3-5-9-15)14-27-17-11-7-6-10-16(17)23-24-27/h3-11,13H,2,12,14H2,1H3. The van der Waals surface area contributed by atoms with Crippen LogP contribution in [0.15, 0.2) is 70.5 Å². The molecule has 3 aromatic heterocycles. The molecule has 0 aliphatic carbocycles. The predicted molar refractivity (Wildman–Crippen MR) is 113 cm³/mol. The number of benzene rings is 2. The van der Waals surface area contributed by atoms with Crippen LogP contribution in [0.2, 0.25) is 0 Å². The van der Waals surface area contributed by atoms with Crippen LogP contribution in [-0.4, -0.2) is 33.7 Å². The second-order valence-corrected chi connectivity index (χ2v) is 7.02. The number of hydrogen-bond acceptors (Lipinski definition) is 5. The molecule has 0 aliphatic rings. The first kappa shape index (κ1) is 18.0. The van der Waals surface area contributed by atoms with Gasteiger partial charge in [0.2, 0.25) is 0 Å². The van der Waals surface area contributed by atoms with Gasteiger partial charge < -0.3 is 4.57 Å². The quantitative estimate of drug-likeness (QED) is 0.449. The zero-order chi connectivity index (χ0) is 20.7. The van der Waals surface area contributed by atoms with Crippen LogP contribution in [-0.2, 0) is 13.2 Å². The van der Waals surface area contributed by atoms with E-state index in [1.165, 1.54) is 9.13 Å². The van der Waals surface area contributed by atoms with Crippen molar-refractivity contribution in [2.24, 2.45) is 0 Å². The number of nitrogens with zero attached hydrogens (tertiary/aromatic N) is 7. The highest BCUT2D eigenvalue weighted by atomic mass is 16.2. The molecular weight excluding hydrogens is 382 g/mol. The third-order valence-corrected chi connectivity index (χ3v) is 5.07. The van der Waals surface area contributed by atoms with E-state index < -0.39 is 11.2 Å².